The minimum atomic E-state index is -1.00. The fourth-order valence-corrected chi connectivity index (χ4v) is 2.12. The van der Waals surface area contributed by atoms with Crippen molar-refractivity contribution in [3.63, 3.8) is 0 Å². The highest BCUT2D eigenvalue weighted by molar-refractivity contribution is 5.95. The maximum absolute atomic E-state index is 13.1. The highest BCUT2D eigenvalue weighted by Crippen LogP contribution is 2.28. The Morgan fingerprint density at radius 1 is 1.15 bits per heavy atom. The van der Waals surface area contributed by atoms with E-state index in [1.807, 2.05) is 18.2 Å². The van der Waals surface area contributed by atoms with Gasteiger partial charge in [0.05, 0.1) is 0 Å². The van der Waals surface area contributed by atoms with Gasteiger partial charge in [0.25, 0.3) is 5.91 Å². The Bertz CT molecular complexity index is 648. The second-order valence-electron chi connectivity index (χ2n) is 4.54. The first-order valence-electron chi connectivity index (χ1n) is 6.14. The van der Waals surface area contributed by atoms with Crippen molar-refractivity contribution < 1.29 is 18.3 Å². The van der Waals surface area contributed by atoms with Crippen LogP contribution in [0.1, 0.15) is 5.56 Å². The fourth-order valence-electron chi connectivity index (χ4n) is 2.12. The van der Waals surface area contributed by atoms with Crippen LogP contribution < -0.4 is 10.1 Å². The van der Waals surface area contributed by atoms with Gasteiger partial charge in [0, 0.05) is 18.2 Å². The van der Waals surface area contributed by atoms with Crippen LogP contribution in [0.3, 0.4) is 0 Å². The third-order valence-electron chi connectivity index (χ3n) is 3.13. The van der Waals surface area contributed by atoms with Crippen molar-refractivity contribution in [2.75, 3.05) is 5.32 Å². The summed E-state index contributed by atoms with van der Waals surface area (Å²) in [7, 11) is 0. The van der Waals surface area contributed by atoms with Gasteiger partial charge in [-0.2, -0.15) is 0 Å². The number of para-hydroxylation sites is 1. The minimum absolute atomic E-state index is 0.202. The number of halogens is 2. The summed E-state index contributed by atoms with van der Waals surface area (Å²) in [5.74, 6) is -1.66. The van der Waals surface area contributed by atoms with Gasteiger partial charge in [-0.15, -0.1) is 0 Å². The third-order valence-corrected chi connectivity index (χ3v) is 3.13. The number of nitrogens with one attached hydrogen (secondary N) is 1. The molecule has 3 rings (SSSR count). The summed E-state index contributed by atoms with van der Waals surface area (Å²) in [5, 5.41) is 2.52. The van der Waals surface area contributed by atoms with E-state index in [1.54, 1.807) is 6.07 Å². The fraction of sp³-hybridized carbons (Fsp3) is 0.133. The van der Waals surface area contributed by atoms with Crippen LogP contribution in [-0.2, 0) is 11.2 Å². The number of carbonyl (C=O) groups is 1. The van der Waals surface area contributed by atoms with Crippen molar-refractivity contribution in [3.05, 3.63) is 59.7 Å². The molecule has 1 aliphatic rings. The molecule has 2 aromatic rings. The molecule has 1 heterocycles. The van der Waals surface area contributed by atoms with Crippen molar-refractivity contribution in [3.8, 4) is 5.75 Å². The monoisotopic (exact) mass is 275 g/mol. The zero-order valence-corrected chi connectivity index (χ0v) is 10.4. The highest BCUT2D eigenvalue weighted by Gasteiger charge is 2.28. The van der Waals surface area contributed by atoms with Crippen LogP contribution in [0.2, 0.25) is 0 Å². The molecular weight excluding hydrogens is 264 g/mol. The quantitative estimate of drug-likeness (QED) is 0.915. The van der Waals surface area contributed by atoms with E-state index in [4.69, 9.17) is 4.74 Å². The summed E-state index contributed by atoms with van der Waals surface area (Å²) in [6.07, 6.45) is -0.188. The van der Waals surface area contributed by atoms with Gasteiger partial charge in [-0.05, 0) is 23.8 Å². The summed E-state index contributed by atoms with van der Waals surface area (Å²) in [6, 6.07) is 10.6. The molecule has 0 saturated carbocycles. The Hall–Kier alpha value is -2.43. The van der Waals surface area contributed by atoms with Crippen LogP contribution in [0.25, 0.3) is 0 Å². The molecule has 0 bridgehead atoms. The van der Waals surface area contributed by atoms with Gasteiger partial charge >= 0.3 is 0 Å². The lowest BCUT2D eigenvalue weighted by atomic mass is 10.1. The molecule has 1 aliphatic heterocycles. The molecule has 0 aliphatic carbocycles. The molecule has 0 spiro atoms. The third kappa shape index (κ3) is 2.34. The van der Waals surface area contributed by atoms with Gasteiger partial charge in [0.1, 0.15) is 5.75 Å². The number of hydrogen-bond acceptors (Lipinski definition) is 2. The van der Waals surface area contributed by atoms with Crippen molar-refractivity contribution in [1.29, 1.82) is 0 Å². The molecule has 0 radical (unpaired) electrons. The largest absolute Gasteiger partial charge is 0.480 e. The SMILES string of the molecule is O=C(Nc1ccc(F)c(F)c1)[C@@H]1Cc2ccccc2O1. The van der Waals surface area contributed by atoms with E-state index in [1.165, 1.54) is 6.07 Å². The van der Waals surface area contributed by atoms with Gasteiger partial charge < -0.3 is 10.1 Å². The number of ether oxygens (including phenoxy) is 1. The topological polar surface area (TPSA) is 38.3 Å². The first kappa shape index (κ1) is 12.6. The van der Waals surface area contributed by atoms with Crippen LogP contribution in [0.4, 0.5) is 14.5 Å². The summed E-state index contributed by atoms with van der Waals surface area (Å²) < 4.78 is 31.4. The van der Waals surface area contributed by atoms with Gasteiger partial charge in [0.2, 0.25) is 0 Å². The molecule has 0 fully saturated rings. The van der Waals surface area contributed by atoms with Crippen LogP contribution in [0.5, 0.6) is 5.75 Å². The first-order chi connectivity index (χ1) is 9.63. The Morgan fingerprint density at radius 2 is 1.95 bits per heavy atom. The molecule has 3 nitrogen and oxygen atoms in total. The summed E-state index contributed by atoms with van der Waals surface area (Å²) in [4.78, 5) is 12.0. The van der Waals surface area contributed by atoms with E-state index >= 15 is 0 Å². The summed E-state index contributed by atoms with van der Waals surface area (Å²) >= 11 is 0. The predicted molar refractivity (Wildman–Crippen MR) is 69.5 cm³/mol. The molecule has 5 heteroatoms. The molecule has 0 unspecified atom stereocenters. The standard InChI is InChI=1S/C15H11F2NO2/c16-11-6-5-10(8-12(11)17)18-15(19)14-7-9-3-1-2-4-13(9)20-14/h1-6,8,14H,7H2,(H,18,19)/t14-/m0/s1. The van der Waals surface area contributed by atoms with Crippen molar-refractivity contribution in [2.24, 2.45) is 0 Å². The zero-order chi connectivity index (χ0) is 14.1. The predicted octanol–water partition coefficient (Wildman–Crippen LogP) is 2.91. The average Bonchev–Trinajstić information content (AvgIpc) is 2.87. The van der Waals surface area contributed by atoms with E-state index in [9.17, 15) is 13.6 Å². The molecule has 1 amide bonds. The van der Waals surface area contributed by atoms with Crippen LogP contribution in [-0.4, -0.2) is 12.0 Å². The maximum Gasteiger partial charge on any atom is 0.265 e. The molecular formula is C15H11F2NO2. The lowest BCUT2D eigenvalue weighted by molar-refractivity contribution is -0.122. The number of rotatable bonds is 2. The summed E-state index contributed by atoms with van der Waals surface area (Å²) in [6.45, 7) is 0. The Kier molecular flexibility index (Phi) is 3.10. The van der Waals surface area contributed by atoms with E-state index in [-0.39, 0.29) is 11.6 Å². The van der Waals surface area contributed by atoms with E-state index in [2.05, 4.69) is 5.32 Å². The number of fused-ring (bicyclic) bond motifs is 1. The first-order valence-corrected chi connectivity index (χ1v) is 6.14. The van der Waals surface area contributed by atoms with Gasteiger partial charge in [0.15, 0.2) is 17.7 Å². The lowest BCUT2D eigenvalue weighted by Gasteiger charge is -2.11. The lowest BCUT2D eigenvalue weighted by Crippen LogP contribution is -2.31. The van der Waals surface area contributed by atoms with E-state index in [0.29, 0.717) is 12.2 Å². The van der Waals surface area contributed by atoms with Gasteiger partial charge in [-0.1, -0.05) is 18.2 Å². The van der Waals surface area contributed by atoms with Crippen LogP contribution >= 0.6 is 0 Å². The van der Waals surface area contributed by atoms with Crippen molar-refractivity contribution in [1.82, 2.24) is 0 Å². The second-order valence-corrected chi connectivity index (χ2v) is 4.54. The molecule has 102 valence electrons. The van der Waals surface area contributed by atoms with Crippen molar-refractivity contribution in [2.45, 2.75) is 12.5 Å². The average molecular weight is 275 g/mol. The molecule has 1 N–H and O–H groups in total. The Morgan fingerprint density at radius 3 is 2.70 bits per heavy atom. The zero-order valence-electron chi connectivity index (χ0n) is 10.4. The second kappa shape index (κ2) is 4.92. The maximum atomic E-state index is 13.1. The summed E-state index contributed by atoms with van der Waals surface area (Å²) in [5.41, 5.74) is 1.16. The minimum Gasteiger partial charge on any atom is -0.480 e. The van der Waals surface area contributed by atoms with E-state index < -0.39 is 17.7 Å². The number of carbonyl (C=O) groups excluding carboxylic acids is 1. The molecule has 2 aromatic carbocycles. The van der Waals surface area contributed by atoms with Crippen molar-refractivity contribution >= 4 is 11.6 Å². The highest BCUT2D eigenvalue weighted by atomic mass is 19.2. The van der Waals surface area contributed by atoms with E-state index in [0.717, 1.165) is 17.7 Å². The van der Waals surface area contributed by atoms with Crippen LogP contribution in [0, 0.1) is 11.6 Å². The molecule has 1 atom stereocenters. The van der Waals surface area contributed by atoms with Gasteiger partial charge in [-0.3, -0.25) is 4.79 Å². The Balaban J connectivity index is 1.71. The number of hydrogen-bond donors (Lipinski definition) is 1. The molecule has 20 heavy (non-hydrogen) atoms. The van der Waals surface area contributed by atoms with Gasteiger partial charge in [-0.25, -0.2) is 8.78 Å². The molecule has 0 saturated heterocycles. The smallest absolute Gasteiger partial charge is 0.265 e. The number of amides is 1. The van der Waals surface area contributed by atoms with Crippen LogP contribution in [0.15, 0.2) is 42.5 Å². The molecule has 0 aromatic heterocycles. The number of benzene rings is 2. The normalized spacial score (nSPS) is 16.4. The Labute approximate surface area is 114 Å². The number of anilines is 1.